The van der Waals surface area contributed by atoms with Crippen molar-refractivity contribution in [3.8, 4) is 22.3 Å². The van der Waals surface area contributed by atoms with Gasteiger partial charge in [0.15, 0.2) is 0 Å². The standard InChI is InChI=1S/C18H18FNO4.C14H10FNO4/c1-18(2,3)24-17(22)14-9-11(16(21)23-4)5-6-12(14)13-7-8-20-10-15(13)19;1-20-14(19)8-2-3-9(11(6-8)13(17)18)10-4-5-16-7-12(10)15/h5-10H,1-4H3;2-7H,1H3,(H,17,18). The molecule has 228 valence electrons. The van der Waals surface area contributed by atoms with Crippen molar-refractivity contribution in [3.05, 3.63) is 107 Å². The van der Waals surface area contributed by atoms with E-state index in [0.29, 0.717) is 5.56 Å². The van der Waals surface area contributed by atoms with Crippen molar-refractivity contribution in [1.82, 2.24) is 9.97 Å². The fourth-order valence-electron chi connectivity index (χ4n) is 3.91. The van der Waals surface area contributed by atoms with Gasteiger partial charge in [0, 0.05) is 23.5 Å². The molecule has 0 aliphatic rings. The van der Waals surface area contributed by atoms with E-state index in [4.69, 9.17) is 4.74 Å². The fraction of sp³-hybridized carbons (Fsp3) is 0.188. The Hall–Kier alpha value is -5.52. The molecule has 12 heteroatoms. The number of hydrogen-bond donors (Lipinski definition) is 1. The van der Waals surface area contributed by atoms with E-state index in [1.165, 1.54) is 69.1 Å². The molecular formula is C32H28F2N2O8. The Morgan fingerprint density at radius 3 is 1.48 bits per heavy atom. The van der Waals surface area contributed by atoms with Gasteiger partial charge < -0.3 is 19.3 Å². The molecular weight excluding hydrogens is 578 g/mol. The Labute approximate surface area is 251 Å². The van der Waals surface area contributed by atoms with Crippen molar-refractivity contribution < 1.29 is 47.3 Å². The Balaban J connectivity index is 0.000000244. The van der Waals surface area contributed by atoms with E-state index in [2.05, 4.69) is 19.4 Å². The van der Waals surface area contributed by atoms with Crippen molar-refractivity contribution in [2.45, 2.75) is 26.4 Å². The van der Waals surface area contributed by atoms with Crippen molar-refractivity contribution in [3.63, 3.8) is 0 Å². The maximum atomic E-state index is 14.1. The summed E-state index contributed by atoms with van der Waals surface area (Å²) < 4.78 is 42.3. The van der Waals surface area contributed by atoms with E-state index in [-0.39, 0.29) is 38.9 Å². The fourth-order valence-corrected chi connectivity index (χ4v) is 3.91. The third kappa shape index (κ3) is 8.06. The lowest BCUT2D eigenvalue weighted by Crippen LogP contribution is -2.24. The van der Waals surface area contributed by atoms with Gasteiger partial charge in [0.25, 0.3) is 0 Å². The number of pyridine rings is 2. The minimum Gasteiger partial charge on any atom is -0.478 e. The summed E-state index contributed by atoms with van der Waals surface area (Å²) in [5.74, 6) is -4.38. The number of ether oxygens (including phenoxy) is 3. The van der Waals surface area contributed by atoms with Crippen LogP contribution in [-0.4, -0.2) is 58.8 Å². The van der Waals surface area contributed by atoms with Gasteiger partial charge in [0.05, 0.1) is 48.9 Å². The van der Waals surface area contributed by atoms with E-state index < -0.39 is 41.1 Å². The first kappa shape index (κ1) is 33.0. The van der Waals surface area contributed by atoms with Crippen molar-refractivity contribution in [2.24, 2.45) is 0 Å². The third-order valence-electron chi connectivity index (χ3n) is 5.86. The van der Waals surface area contributed by atoms with Gasteiger partial charge in [-0.15, -0.1) is 0 Å². The first-order valence-corrected chi connectivity index (χ1v) is 12.9. The van der Waals surface area contributed by atoms with Gasteiger partial charge in [-0.25, -0.2) is 28.0 Å². The van der Waals surface area contributed by atoms with Crippen molar-refractivity contribution in [2.75, 3.05) is 14.2 Å². The number of aromatic nitrogens is 2. The molecule has 4 aromatic rings. The molecule has 2 aromatic heterocycles. The number of hydrogen-bond acceptors (Lipinski definition) is 9. The number of nitrogens with zero attached hydrogens (tertiary/aromatic N) is 2. The zero-order chi connectivity index (χ0) is 32.6. The number of methoxy groups -OCH3 is 2. The Morgan fingerprint density at radius 1 is 0.659 bits per heavy atom. The van der Waals surface area contributed by atoms with Gasteiger partial charge in [-0.2, -0.15) is 0 Å². The average molecular weight is 607 g/mol. The van der Waals surface area contributed by atoms with E-state index in [1.54, 1.807) is 20.8 Å². The predicted octanol–water partition coefficient (Wildman–Crippen LogP) is 6.00. The molecule has 2 heterocycles. The third-order valence-corrected chi connectivity index (χ3v) is 5.86. The van der Waals surface area contributed by atoms with E-state index in [1.807, 2.05) is 0 Å². The average Bonchev–Trinajstić information content (AvgIpc) is 2.99. The molecule has 0 radical (unpaired) electrons. The molecule has 0 aliphatic heterocycles. The summed E-state index contributed by atoms with van der Waals surface area (Å²) >= 11 is 0. The summed E-state index contributed by atoms with van der Waals surface area (Å²) in [5.41, 5.74) is 0.223. The van der Waals surface area contributed by atoms with Crippen LogP contribution in [0, 0.1) is 11.6 Å². The van der Waals surface area contributed by atoms with Gasteiger partial charge in [-0.3, -0.25) is 9.97 Å². The summed E-state index contributed by atoms with van der Waals surface area (Å²) in [4.78, 5) is 54.2. The molecule has 0 fully saturated rings. The molecule has 0 atom stereocenters. The van der Waals surface area contributed by atoms with Crippen LogP contribution >= 0.6 is 0 Å². The molecule has 0 unspecified atom stereocenters. The van der Waals surface area contributed by atoms with Crippen LogP contribution in [0.4, 0.5) is 8.78 Å². The molecule has 44 heavy (non-hydrogen) atoms. The highest BCUT2D eigenvalue weighted by atomic mass is 19.1. The highest BCUT2D eigenvalue weighted by Gasteiger charge is 2.24. The van der Waals surface area contributed by atoms with Gasteiger partial charge >= 0.3 is 23.9 Å². The molecule has 0 amide bonds. The van der Waals surface area contributed by atoms with Crippen molar-refractivity contribution >= 4 is 23.9 Å². The minimum absolute atomic E-state index is 0.0814. The van der Waals surface area contributed by atoms with E-state index in [9.17, 15) is 33.1 Å². The molecule has 4 rings (SSSR count). The van der Waals surface area contributed by atoms with Gasteiger partial charge in [0.2, 0.25) is 0 Å². The first-order chi connectivity index (χ1) is 20.8. The highest BCUT2D eigenvalue weighted by Crippen LogP contribution is 2.29. The number of carboxylic acids is 1. The molecule has 0 saturated carbocycles. The number of esters is 3. The maximum absolute atomic E-state index is 14.1. The number of aromatic carboxylic acids is 1. The van der Waals surface area contributed by atoms with Crippen LogP contribution in [0.25, 0.3) is 22.3 Å². The smallest absolute Gasteiger partial charge is 0.339 e. The van der Waals surface area contributed by atoms with Gasteiger partial charge in [0.1, 0.15) is 17.2 Å². The molecule has 2 aromatic carbocycles. The second kappa shape index (κ2) is 14.1. The lowest BCUT2D eigenvalue weighted by Gasteiger charge is -2.21. The van der Waals surface area contributed by atoms with Crippen LogP contribution in [-0.2, 0) is 14.2 Å². The quantitative estimate of drug-likeness (QED) is 0.205. The van der Waals surface area contributed by atoms with Gasteiger partial charge in [-0.05, 0) is 68.3 Å². The number of carbonyl (C=O) groups excluding carboxylic acids is 3. The summed E-state index contributed by atoms with van der Waals surface area (Å²) in [6.07, 6.45) is 4.83. The zero-order valence-electron chi connectivity index (χ0n) is 24.4. The number of halogens is 2. The number of carbonyl (C=O) groups is 4. The van der Waals surface area contributed by atoms with Crippen LogP contribution < -0.4 is 0 Å². The lowest BCUT2D eigenvalue weighted by atomic mass is 9.97. The number of benzene rings is 2. The minimum atomic E-state index is -1.26. The van der Waals surface area contributed by atoms with Crippen LogP contribution in [0.5, 0.6) is 0 Å². The molecule has 0 spiro atoms. The monoisotopic (exact) mass is 606 g/mol. The predicted molar refractivity (Wildman–Crippen MR) is 154 cm³/mol. The Bertz CT molecular complexity index is 1720. The summed E-state index contributed by atoms with van der Waals surface area (Å²) in [7, 11) is 2.44. The highest BCUT2D eigenvalue weighted by molar-refractivity contribution is 6.01. The molecule has 0 aliphatic carbocycles. The molecule has 1 N–H and O–H groups in total. The number of carboxylic acid groups (broad SMARTS) is 1. The summed E-state index contributed by atoms with van der Waals surface area (Å²) in [6, 6.07) is 11.0. The van der Waals surface area contributed by atoms with Crippen LogP contribution in [0.3, 0.4) is 0 Å². The summed E-state index contributed by atoms with van der Waals surface area (Å²) in [6.45, 7) is 5.17. The largest absolute Gasteiger partial charge is 0.478 e. The van der Waals surface area contributed by atoms with E-state index >= 15 is 0 Å². The molecule has 0 bridgehead atoms. The van der Waals surface area contributed by atoms with Crippen LogP contribution in [0.1, 0.15) is 62.2 Å². The second-order valence-electron chi connectivity index (χ2n) is 10.0. The zero-order valence-corrected chi connectivity index (χ0v) is 24.4. The van der Waals surface area contributed by atoms with Crippen LogP contribution in [0.15, 0.2) is 73.3 Å². The maximum Gasteiger partial charge on any atom is 0.339 e. The van der Waals surface area contributed by atoms with Crippen molar-refractivity contribution in [1.29, 1.82) is 0 Å². The molecule has 10 nitrogen and oxygen atoms in total. The second-order valence-corrected chi connectivity index (χ2v) is 10.0. The topological polar surface area (TPSA) is 142 Å². The van der Waals surface area contributed by atoms with E-state index in [0.717, 1.165) is 18.5 Å². The Kier molecular flexibility index (Phi) is 10.6. The lowest BCUT2D eigenvalue weighted by molar-refractivity contribution is 0.00699. The Morgan fingerprint density at radius 2 is 1.09 bits per heavy atom. The normalized spacial score (nSPS) is 10.6. The van der Waals surface area contributed by atoms with Crippen LogP contribution in [0.2, 0.25) is 0 Å². The first-order valence-electron chi connectivity index (χ1n) is 12.9. The SMILES string of the molecule is COC(=O)c1ccc(-c2ccncc2F)c(C(=O)O)c1.COC(=O)c1ccc(-c2ccncc2F)c(C(=O)OC(C)(C)C)c1. The number of rotatable bonds is 6. The van der Waals surface area contributed by atoms with Gasteiger partial charge in [-0.1, -0.05) is 12.1 Å². The molecule has 0 saturated heterocycles. The summed E-state index contributed by atoms with van der Waals surface area (Å²) in [5, 5.41) is 9.21.